The second-order valence-corrected chi connectivity index (χ2v) is 6.37. The second-order valence-electron chi connectivity index (χ2n) is 6.37. The molecular weight excluding hydrogens is 387 g/mol. The van der Waals surface area contributed by atoms with Crippen molar-refractivity contribution < 1.29 is 21.5 Å². The van der Waals surface area contributed by atoms with Crippen LogP contribution in [-0.4, -0.2) is 28.1 Å². The van der Waals surface area contributed by atoms with Gasteiger partial charge in [0.2, 0.25) is 0 Å². The van der Waals surface area contributed by atoms with Gasteiger partial charge in [0.15, 0.2) is 0 Å². The predicted molar refractivity (Wildman–Crippen MR) is 107 cm³/mol. The molecule has 2 aromatic carbocycles. The van der Waals surface area contributed by atoms with Crippen LogP contribution < -0.4 is 10.6 Å². The third-order valence-corrected chi connectivity index (χ3v) is 4.17. The van der Waals surface area contributed by atoms with Gasteiger partial charge in [-0.15, -0.1) is 0 Å². The first-order valence-corrected chi connectivity index (χ1v) is 8.93. The van der Waals surface area contributed by atoms with E-state index >= 15 is 0 Å². The van der Waals surface area contributed by atoms with E-state index in [0.717, 1.165) is 12.4 Å². The van der Waals surface area contributed by atoms with Gasteiger partial charge in [-0.3, -0.25) is 14.4 Å². The zero-order valence-corrected chi connectivity index (χ0v) is 16.0. The number of nitrogens with one attached hydrogen (secondary N) is 2. The Balaban J connectivity index is 1.68. The van der Waals surface area contributed by atoms with Gasteiger partial charge in [-0.05, 0) is 29.7 Å². The lowest BCUT2D eigenvalue weighted by atomic mass is 10.1. The molecule has 2 amide bonds. The standard InChI is InChI=1S/C22H19FN4O3/c1-14-8-17(6-7-18(14)23)11-25-22(30)20-9-19(26-13-27-20)21(29)24-10-15-2-4-16(12-28)5-3-15/h2-9,12-13H,10-11H2,1H3,(H,24,29)(H,25,30)/i10D2. The molecule has 1 aromatic heterocycles. The van der Waals surface area contributed by atoms with Crippen LogP contribution in [0.15, 0.2) is 54.9 Å². The van der Waals surface area contributed by atoms with Crippen LogP contribution in [0.3, 0.4) is 0 Å². The van der Waals surface area contributed by atoms with Crippen LogP contribution in [0.4, 0.5) is 4.39 Å². The predicted octanol–water partition coefficient (Wildman–Crippen LogP) is 2.60. The van der Waals surface area contributed by atoms with Crippen LogP contribution in [0.2, 0.25) is 0 Å². The van der Waals surface area contributed by atoms with Crippen molar-refractivity contribution in [3.8, 4) is 0 Å². The maximum Gasteiger partial charge on any atom is 0.270 e. The smallest absolute Gasteiger partial charge is 0.270 e. The normalized spacial score (nSPS) is 11.8. The molecule has 2 N–H and O–H groups in total. The lowest BCUT2D eigenvalue weighted by Gasteiger charge is -2.08. The van der Waals surface area contributed by atoms with Gasteiger partial charge in [0.25, 0.3) is 11.8 Å². The summed E-state index contributed by atoms with van der Waals surface area (Å²) in [4.78, 5) is 43.3. The molecule has 152 valence electrons. The molecule has 0 spiro atoms. The number of benzene rings is 2. The number of aryl methyl sites for hydroxylation is 1. The maximum atomic E-state index is 13.4. The number of hydrogen-bond donors (Lipinski definition) is 2. The Kier molecular flexibility index (Phi) is 5.74. The van der Waals surface area contributed by atoms with E-state index in [1.165, 1.54) is 30.3 Å². The van der Waals surface area contributed by atoms with Crippen molar-refractivity contribution in [2.24, 2.45) is 0 Å². The molecule has 3 rings (SSSR count). The van der Waals surface area contributed by atoms with E-state index < -0.39 is 18.3 Å². The van der Waals surface area contributed by atoms with Crippen molar-refractivity contribution in [1.82, 2.24) is 20.6 Å². The van der Waals surface area contributed by atoms with Crippen molar-refractivity contribution in [3.63, 3.8) is 0 Å². The maximum absolute atomic E-state index is 13.4. The third-order valence-electron chi connectivity index (χ3n) is 4.17. The lowest BCUT2D eigenvalue weighted by molar-refractivity contribution is 0.0943. The molecule has 1 heterocycles. The van der Waals surface area contributed by atoms with Gasteiger partial charge < -0.3 is 10.6 Å². The quantitative estimate of drug-likeness (QED) is 0.585. The Morgan fingerprint density at radius 1 is 1.00 bits per heavy atom. The van der Waals surface area contributed by atoms with Crippen molar-refractivity contribution in [3.05, 3.63) is 94.3 Å². The zero-order valence-electron chi connectivity index (χ0n) is 18.0. The highest BCUT2D eigenvalue weighted by atomic mass is 19.1. The zero-order chi connectivity index (χ0) is 23.3. The Morgan fingerprint density at radius 3 is 2.27 bits per heavy atom. The van der Waals surface area contributed by atoms with Gasteiger partial charge in [-0.25, -0.2) is 14.4 Å². The monoisotopic (exact) mass is 408 g/mol. The van der Waals surface area contributed by atoms with E-state index in [4.69, 9.17) is 2.74 Å². The van der Waals surface area contributed by atoms with Crippen molar-refractivity contribution in [2.45, 2.75) is 20.0 Å². The Labute approximate surface area is 175 Å². The topological polar surface area (TPSA) is 101 Å². The first-order valence-electron chi connectivity index (χ1n) is 9.93. The molecule has 0 saturated carbocycles. The average molecular weight is 408 g/mol. The molecule has 0 bridgehead atoms. The van der Waals surface area contributed by atoms with Crippen LogP contribution >= 0.6 is 0 Å². The number of aldehydes is 1. The Bertz CT molecular complexity index is 1170. The molecule has 0 unspecified atom stereocenters. The molecule has 0 aliphatic rings. The molecular formula is C22H19FN4O3. The summed E-state index contributed by atoms with van der Waals surface area (Å²) < 4.78 is 29.6. The second kappa shape index (κ2) is 9.51. The first kappa shape index (κ1) is 18.1. The molecule has 30 heavy (non-hydrogen) atoms. The van der Waals surface area contributed by atoms with Crippen molar-refractivity contribution >= 4 is 18.1 Å². The van der Waals surface area contributed by atoms with Crippen LogP contribution in [0.25, 0.3) is 0 Å². The van der Waals surface area contributed by atoms with E-state index in [-0.39, 0.29) is 29.3 Å². The molecule has 7 nitrogen and oxygen atoms in total. The van der Waals surface area contributed by atoms with E-state index in [9.17, 15) is 18.8 Å². The van der Waals surface area contributed by atoms with Crippen molar-refractivity contribution in [2.75, 3.05) is 0 Å². The molecule has 0 fully saturated rings. The molecule has 0 radical (unpaired) electrons. The highest BCUT2D eigenvalue weighted by Crippen LogP contribution is 2.09. The summed E-state index contributed by atoms with van der Waals surface area (Å²) in [5.41, 5.74) is 1.37. The number of halogens is 1. The average Bonchev–Trinajstić information content (AvgIpc) is 2.79. The number of carbonyl (C=O) groups excluding carboxylic acids is 3. The number of hydrogen-bond acceptors (Lipinski definition) is 5. The Hall–Kier alpha value is -3.94. The van der Waals surface area contributed by atoms with Gasteiger partial charge in [-0.2, -0.15) is 0 Å². The SMILES string of the molecule is [2H]C([2H])(NC(=O)c1cc(C(=O)NCc2ccc(F)c(C)c2)ncn1)c1ccc(C=O)cc1. The molecule has 3 aromatic rings. The summed E-state index contributed by atoms with van der Waals surface area (Å²) in [6, 6.07) is 11.3. The summed E-state index contributed by atoms with van der Waals surface area (Å²) in [5, 5.41) is 4.84. The summed E-state index contributed by atoms with van der Waals surface area (Å²) in [6.07, 6.45) is 1.66. The number of nitrogens with zero attached hydrogens (tertiary/aromatic N) is 2. The fraction of sp³-hybridized carbons (Fsp3) is 0.136. The van der Waals surface area contributed by atoms with Crippen LogP contribution in [0, 0.1) is 12.7 Å². The molecule has 0 aliphatic heterocycles. The van der Waals surface area contributed by atoms with Gasteiger partial charge >= 0.3 is 0 Å². The van der Waals surface area contributed by atoms with E-state index in [0.29, 0.717) is 23.0 Å². The van der Waals surface area contributed by atoms with Crippen LogP contribution in [-0.2, 0) is 13.0 Å². The van der Waals surface area contributed by atoms with Gasteiger partial charge in [0, 0.05) is 24.7 Å². The van der Waals surface area contributed by atoms with Gasteiger partial charge in [0.1, 0.15) is 29.8 Å². The van der Waals surface area contributed by atoms with Crippen molar-refractivity contribution in [1.29, 1.82) is 0 Å². The van der Waals surface area contributed by atoms with E-state index in [2.05, 4.69) is 20.6 Å². The number of rotatable bonds is 7. The molecule has 8 heteroatoms. The van der Waals surface area contributed by atoms with Crippen LogP contribution in [0.5, 0.6) is 0 Å². The first-order chi connectivity index (χ1) is 15.2. The molecule has 0 atom stereocenters. The minimum absolute atomic E-state index is 0.0834. The highest BCUT2D eigenvalue weighted by Gasteiger charge is 2.13. The van der Waals surface area contributed by atoms with Crippen LogP contribution in [0.1, 0.15) is 50.8 Å². The summed E-state index contributed by atoms with van der Waals surface area (Å²) >= 11 is 0. The van der Waals surface area contributed by atoms with E-state index in [1.807, 2.05) is 0 Å². The third kappa shape index (κ3) is 5.32. The Morgan fingerprint density at radius 2 is 1.63 bits per heavy atom. The highest BCUT2D eigenvalue weighted by molar-refractivity contribution is 5.97. The lowest BCUT2D eigenvalue weighted by Crippen LogP contribution is -2.27. The number of carbonyl (C=O) groups is 3. The minimum Gasteiger partial charge on any atom is -0.347 e. The van der Waals surface area contributed by atoms with E-state index in [1.54, 1.807) is 19.1 Å². The fourth-order valence-corrected chi connectivity index (χ4v) is 2.53. The largest absolute Gasteiger partial charge is 0.347 e. The minimum atomic E-state index is -2.24. The number of amides is 2. The summed E-state index contributed by atoms with van der Waals surface area (Å²) in [6.45, 7) is -0.498. The fourth-order valence-electron chi connectivity index (χ4n) is 2.53. The van der Waals surface area contributed by atoms with Gasteiger partial charge in [0.05, 0.1) is 2.74 Å². The summed E-state index contributed by atoms with van der Waals surface area (Å²) in [7, 11) is 0. The molecule has 0 saturated heterocycles. The number of aromatic nitrogens is 2. The summed E-state index contributed by atoms with van der Waals surface area (Å²) in [5.74, 6) is -1.76. The molecule has 0 aliphatic carbocycles. The van der Waals surface area contributed by atoms with Gasteiger partial charge in [-0.1, -0.05) is 36.4 Å².